The number of methoxy groups -OCH3 is 1. The monoisotopic (exact) mass is 294 g/mol. The van der Waals surface area contributed by atoms with Gasteiger partial charge in [0.1, 0.15) is 11.5 Å². The molecule has 0 aliphatic rings. The molecule has 0 saturated heterocycles. The van der Waals surface area contributed by atoms with Crippen LogP contribution in [0.15, 0.2) is 18.2 Å². The summed E-state index contributed by atoms with van der Waals surface area (Å²) in [6.07, 6.45) is 0.531. The highest BCUT2D eigenvalue weighted by molar-refractivity contribution is 5.80. The quantitative estimate of drug-likeness (QED) is 0.685. The third-order valence-corrected chi connectivity index (χ3v) is 3.04. The number of amides is 1. The molecule has 1 atom stereocenters. The van der Waals surface area contributed by atoms with E-state index < -0.39 is 6.10 Å². The van der Waals surface area contributed by atoms with Crippen molar-refractivity contribution in [3.8, 4) is 11.5 Å². The number of carbonyl (C=O) groups is 1. The number of hydrogen-bond acceptors (Lipinski definition) is 4. The van der Waals surface area contributed by atoms with Gasteiger partial charge in [-0.05, 0) is 32.9 Å². The van der Waals surface area contributed by atoms with Crippen molar-refractivity contribution in [1.29, 1.82) is 0 Å². The lowest BCUT2D eigenvalue weighted by molar-refractivity contribution is -0.127. The summed E-state index contributed by atoms with van der Waals surface area (Å²) >= 11 is 0. The third kappa shape index (κ3) is 5.63. The zero-order valence-electron chi connectivity index (χ0n) is 13.4. The molecule has 0 radical (unpaired) electrons. The summed E-state index contributed by atoms with van der Waals surface area (Å²) in [6.45, 7) is 7.99. The number of ether oxygens (including phenoxy) is 2. The maximum atomic E-state index is 11.8. The maximum Gasteiger partial charge on any atom is 0.260 e. The van der Waals surface area contributed by atoms with Crippen molar-refractivity contribution in [1.82, 2.24) is 10.6 Å². The van der Waals surface area contributed by atoms with E-state index in [2.05, 4.69) is 17.6 Å². The Morgan fingerprint density at radius 2 is 2.10 bits per heavy atom. The second-order valence-electron chi connectivity index (χ2n) is 4.81. The van der Waals surface area contributed by atoms with Crippen LogP contribution in [0.1, 0.15) is 32.8 Å². The Morgan fingerprint density at radius 3 is 2.71 bits per heavy atom. The molecule has 1 aromatic carbocycles. The average molecular weight is 294 g/mol. The largest absolute Gasteiger partial charge is 0.497 e. The van der Waals surface area contributed by atoms with E-state index in [0.29, 0.717) is 24.6 Å². The zero-order valence-corrected chi connectivity index (χ0v) is 13.4. The SMILES string of the molecule is CCCNCc1ccc(OC)cc1OC(C)C(=O)NCC. The molecule has 0 saturated carbocycles. The first-order chi connectivity index (χ1) is 10.1. The second-order valence-corrected chi connectivity index (χ2v) is 4.81. The molecule has 2 N–H and O–H groups in total. The van der Waals surface area contributed by atoms with Crippen LogP contribution in [0.3, 0.4) is 0 Å². The minimum atomic E-state index is -0.540. The Balaban J connectivity index is 2.82. The van der Waals surface area contributed by atoms with E-state index in [9.17, 15) is 4.79 Å². The van der Waals surface area contributed by atoms with Gasteiger partial charge in [0.25, 0.3) is 5.91 Å². The van der Waals surface area contributed by atoms with Gasteiger partial charge in [-0.3, -0.25) is 4.79 Å². The fourth-order valence-electron chi connectivity index (χ4n) is 1.88. The summed E-state index contributed by atoms with van der Waals surface area (Å²) < 4.78 is 11.0. The van der Waals surface area contributed by atoms with Crippen LogP contribution in [0.25, 0.3) is 0 Å². The fraction of sp³-hybridized carbons (Fsp3) is 0.562. The van der Waals surface area contributed by atoms with Crippen LogP contribution in [-0.2, 0) is 11.3 Å². The van der Waals surface area contributed by atoms with Gasteiger partial charge >= 0.3 is 0 Å². The lowest BCUT2D eigenvalue weighted by atomic mass is 10.2. The van der Waals surface area contributed by atoms with E-state index in [1.54, 1.807) is 14.0 Å². The minimum Gasteiger partial charge on any atom is -0.497 e. The summed E-state index contributed by atoms with van der Waals surface area (Å²) in [5, 5.41) is 6.09. The molecular weight excluding hydrogens is 268 g/mol. The predicted octanol–water partition coefficient (Wildman–Crippen LogP) is 2.10. The predicted molar refractivity (Wildman–Crippen MR) is 83.8 cm³/mol. The molecule has 21 heavy (non-hydrogen) atoms. The Hall–Kier alpha value is -1.75. The second kappa shape index (κ2) is 9.23. The highest BCUT2D eigenvalue weighted by atomic mass is 16.5. The molecule has 118 valence electrons. The van der Waals surface area contributed by atoms with Crippen molar-refractivity contribution in [3.05, 3.63) is 23.8 Å². The van der Waals surface area contributed by atoms with E-state index in [1.807, 2.05) is 25.1 Å². The van der Waals surface area contributed by atoms with Gasteiger partial charge in [-0.15, -0.1) is 0 Å². The van der Waals surface area contributed by atoms with Crippen LogP contribution in [0, 0.1) is 0 Å². The van der Waals surface area contributed by atoms with Crippen LogP contribution in [0.4, 0.5) is 0 Å². The molecule has 0 aliphatic heterocycles. The average Bonchev–Trinajstić information content (AvgIpc) is 2.49. The number of carbonyl (C=O) groups excluding carboxylic acids is 1. The van der Waals surface area contributed by atoms with Crippen molar-refractivity contribution in [2.24, 2.45) is 0 Å². The van der Waals surface area contributed by atoms with Crippen molar-refractivity contribution in [2.45, 2.75) is 39.8 Å². The van der Waals surface area contributed by atoms with Crippen LogP contribution >= 0.6 is 0 Å². The Morgan fingerprint density at radius 1 is 1.33 bits per heavy atom. The van der Waals surface area contributed by atoms with Crippen LogP contribution in [0.5, 0.6) is 11.5 Å². The number of benzene rings is 1. The number of likely N-dealkylation sites (N-methyl/N-ethyl adjacent to an activating group) is 1. The highest BCUT2D eigenvalue weighted by Gasteiger charge is 2.16. The van der Waals surface area contributed by atoms with Crippen LogP contribution < -0.4 is 20.1 Å². The maximum absolute atomic E-state index is 11.8. The topological polar surface area (TPSA) is 59.6 Å². The molecular formula is C16H26N2O3. The molecule has 1 unspecified atom stereocenters. The Bertz CT molecular complexity index is 449. The molecule has 0 heterocycles. The lowest BCUT2D eigenvalue weighted by Crippen LogP contribution is -2.36. The first kappa shape index (κ1) is 17.3. The third-order valence-electron chi connectivity index (χ3n) is 3.04. The summed E-state index contributed by atoms with van der Waals surface area (Å²) in [5.74, 6) is 1.27. The van der Waals surface area contributed by atoms with Gasteiger partial charge in [0.05, 0.1) is 7.11 Å². The molecule has 0 aliphatic carbocycles. The Labute approximate surface area is 127 Å². The first-order valence-corrected chi connectivity index (χ1v) is 7.44. The van der Waals surface area contributed by atoms with Crippen molar-refractivity contribution in [3.63, 3.8) is 0 Å². The first-order valence-electron chi connectivity index (χ1n) is 7.44. The van der Waals surface area contributed by atoms with Gasteiger partial charge in [0.15, 0.2) is 6.10 Å². The molecule has 1 rings (SSSR count). The molecule has 1 amide bonds. The van der Waals surface area contributed by atoms with E-state index >= 15 is 0 Å². The van der Waals surface area contributed by atoms with Crippen molar-refractivity contribution in [2.75, 3.05) is 20.2 Å². The van der Waals surface area contributed by atoms with E-state index in [4.69, 9.17) is 9.47 Å². The van der Waals surface area contributed by atoms with Gasteiger partial charge in [-0.25, -0.2) is 0 Å². The number of nitrogens with one attached hydrogen (secondary N) is 2. The van der Waals surface area contributed by atoms with E-state index in [0.717, 1.165) is 18.5 Å². The highest BCUT2D eigenvalue weighted by Crippen LogP contribution is 2.25. The van der Waals surface area contributed by atoms with Crippen LogP contribution in [0.2, 0.25) is 0 Å². The lowest BCUT2D eigenvalue weighted by Gasteiger charge is -2.18. The molecule has 0 fully saturated rings. The van der Waals surface area contributed by atoms with Crippen molar-refractivity contribution >= 4 is 5.91 Å². The van der Waals surface area contributed by atoms with E-state index in [-0.39, 0.29) is 5.91 Å². The molecule has 5 nitrogen and oxygen atoms in total. The fourth-order valence-corrected chi connectivity index (χ4v) is 1.88. The summed E-state index contributed by atoms with van der Waals surface area (Å²) in [6, 6.07) is 5.67. The summed E-state index contributed by atoms with van der Waals surface area (Å²) in [7, 11) is 1.61. The van der Waals surface area contributed by atoms with Gasteiger partial charge in [0.2, 0.25) is 0 Å². The van der Waals surface area contributed by atoms with E-state index in [1.165, 1.54) is 0 Å². The minimum absolute atomic E-state index is 0.118. The molecule has 0 aromatic heterocycles. The molecule has 1 aromatic rings. The zero-order chi connectivity index (χ0) is 15.7. The van der Waals surface area contributed by atoms with Gasteiger partial charge < -0.3 is 20.1 Å². The van der Waals surface area contributed by atoms with Gasteiger partial charge in [-0.1, -0.05) is 13.0 Å². The standard InChI is InChI=1S/C16H26N2O3/c1-5-9-17-11-13-7-8-14(20-4)10-15(13)21-12(3)16(19)18-6-2/h7-8,10,12,17H,5-6,9,11H2,1-4H3,(H,18,19). The molecule has 0 spiro atoms. The van der Waals surface area contributed by atoms with Crippen LogP contribution in [-0.4, -0.2) is 32.2 Å². The van der Waals surface area contributed by atoms with Crippen molar-refractivity contribution < 1.29 is 14.3 Å². The summed E-state index contributed by atoms with van der Waals surface area (Å²) in [5.41, 5.74) is 1.01. The normalized spacial score (nSPS) is 11.8. The Kier molecular flexibility index (Phi) is 7.61. The van der Waals surface area contributed by atoms with Gasteiger partial charge in [-0.2, -0.15) is 0 Å². The molecule has 0 bridgehead atoms. The number of hydrogen-bond donors (Lipinski definition) is 2. The summed E-state index contributed by atoms with van der Waals surface area (Å²) in [4.78, 5) is 11.8. The van der Waals surface area contributed by atoms with Gasteiger partial charge in [0, 0.05) is 24.7 Å². The smallest absolute Gasteiger partial charge is 0.260 e. The molecule has 5 heteroatoms. The number of rotatable bonds is 9.